The third-order valence-corrected chi connectivity index (χ3v) is 5.96. The van der Waals surface area contributed by atoms with Crippen LogP contribution in [-0.2, 0) is 11.3 Å². The minimum absolute atomic E-state index is 0.0122. The number of fused-ring (bicyclic) bond motifs is 1. The van der Waals surface area contributed by atoms with Crippen LogP contribution in [0.4, 0.5) is 4.79 Å². The van der Waals surface area contributed by atoms with E-state index in [0.29, 0.717) is 27.5 Å². The predicted molar refractivity (Wildman–Crippen MR) is 142 cm³/mol. The summed E-state index contributed by atoms with van der Waals surface area (Å²) < 4.78 is 19.9. The van der Waals surface area contributed by atoms with Crippen molar-refractivity contribution in [2.45, 2.75) is 32.9 Å². The quantitative estimate of drug-likeness (QED) is 0.250. The zero-order valence-corrected chi connectivity index (χ0v) is 22.9. The van der Waals surface area contributed by atoms with Gasteiger partial charge in [-0.1, -0.05) is 51.3 Å². The summed E-state index contributed by atoms with van der Waals surface area (Å²) >= 11 is 16.0. The number of nitrogens with zero attached hydrogens (tertiary/aromatic N) is 3. The Morgan fingerprint density at radius 2 is 1.78 bits per heavy atom. The number of ether oxygens (including phenoxy) is 3. The Bertz CT molecular complexity index is 1500. The molecule has 0 N–H and O–H groups in total. The number of benzene rings is 2. The molecule has 2 aromatic carbocycles. The smallest absolute Gasteiger partial charge is 0.423 e. The SMILES string of the molecule is COc1nc(Cn2c(=O)n(C(=O)OC(C)(C)C)c3ccccc32)cc(Oc2cc(Cl)cc(Br)c2)c1Cl. The first-order chi connectivity index (χ1) is 17.0. The lowest BCUT2D eigenvalue weighted by atomic mass is 10.2. The maximum Gasteiger partial charge on any atom is 0.423 e. The van der Waals surface area contributed by atoms with Gasteiger partial charge in [-0.25, -0.2) is 14.6 Å². The largest absolute Gasteiger partial charge is 0.480 e. The Morgan fingerprint density at radius 3 is 2.42 bits per heavy atom. The van der Waals surface area contributed by atoms with E-state index in [-0.39, 0.29) is 23.2 Å². The highest BCUT2D eigenvalue weighted by Gasteiger charge is 2.24. The number of carbonyl (C=O) groups is 1. The average Bonchev–Trinajstić information content (AvgIpc) is 3.05. The molecule has 0 saturated heterocycles. The number of hydrogen-bond acceptors (Lipinski definition) is 6. The predicted octanol–water partition coefficient (Wildman–Crippen LogP) is 6.90. The highest BCUT2D eigenvalue weighted by Crippen LogP contribution is 2.37. The van der Waals surface area contributed by atoms with Crippen LogP contribution in [0.3, 0.4) is 0 Å². The maximum atomic E-state index is 13.4. The number of rotatable bonds is 5. The lowest BCUT2D eigenvalue weighted by Gasteiger charge is -2.19. The molecular formula is C25H22BrCl2N3O5. The number of methoxy groups -OCH3 is 1. The number of hydrogen-bond donors (Lipinski definition) is 0. The van der Waals surface area contributed by atoms with E-state index in [2.05, 4.69) is 20.9 Å². The molecule has 36 heavy (non-hydrogen) atoms. The van der Waals surface area contributed by atoms with Gasteiger partial charge in [0.1, 0.15) is 16.4 Å². The van der Waals surface area contributed by atoms with Crippen LogP contribution in [0.15, 0.2) is 57.8 Å². The van der Waals surface area contributed by atoms with Gasteiger partial charge in [-0.15, -0.1) is 0 Å². The van der Waals surface area contributed by atoms with Crippen molar-refractivity contribution >= 4 is 56.3 Å². The summed E-state index contributed by atoms with van der Waals surface area (Å²) in [7, 11) is 1.43. The fourth-order valence-electron chi connectivity index (χ4n) is 3.54. The number of para-hydroxylation sites is 2. The first-order valence-corrected chi connectivity index (χ1v) is 12.3. The molecule has 188 valence electrons. The highest BCUT2D eigenvalue weighted by atomic mass is 79.9. The van der Waals surface area contributed by atoms with Crippen LogP contribution < -0.4 is 15.2 Å². The van der Waals surface area contributed by atoms with E-state index in [9.17, 15) is 9.59 Å². The highest BCUT2D eigenvalue weighted by molar-refractivity contribution is 9.10. The second-order valence-corrected chi connectivity index (χ2v) is 10.5. The Balaban J connectivity index is 1.79. The number of halogens is 3. The first-order valence-electron chi connectivity index (χ1n) is 10.8. The van der Waals surface area contributed by atoms with Crippen molar-refractivity contribution < 1.29 is 19.0 Å². The zero-order chi connectivity index (χ0) is 26.2. The van der Waals surface area contributed by atoms with Crippen molar-refractivity contribution in [3.63, 3.8) is 0 Å². The Hall–Kier alpha value is -3.01. The molecule has 0 saturated carbocycles. The van der Waals surface area contributed by atoms with Gasteiger partial charge in [-0.3, -0.25) is 4.57 Å². The van der Waals surface area contributed by atoms with Gasteiger partial charge in [0.25, 0.3) is 0 Å². The molecule has 0 aliphatic heterocycles. The second-order valence-electron chi connectivity index (χ2n) is 8.82. The van der Waals surface area contributed by atoms with Crippen molar-refractivity contribution in [2.75, 3.05) is 7.11 Å². The van der Waals surface area contributed by atoms with Crippen LogP contribution in [0.1, 0.15) is 26.5 Å². The van der Waals surface area contributed by atoms with Gasteiger partial charge in [0.15, 0.2) is 5.75 Å². The third kappa shape index (κ3) is 5.53. The van der Waals surface area contributed by atoms with Crippen molar-refractivity contribution in [1.29, 1.82) is 0 Å². The van der Waals surface area contributed by atoms with E-state index >= 15 is 0 Å². The molecule has 11 heteroatoms. The van der Waals surface area contributed by atoms with E-state index in [1.807, 2.05) is 0 Å². The number of aromatic nitrogens is 3. The van der Waals surface area contributed by atoms with Crippen molar-refractivity contribution in [1.82, 2.24) is 14.1 Å². The van der Waals surface area contributed by atoms with E-state index < -0.39 is 17.4 Å². The first kappa shape index (κ1) is 26.1. The van der Waals surface area contributed by atoms with Crippen LogP contribution in [0.2, 0.25) is 10.0 Å². The van der Waals surface area contributed by atoms with Gasteiger partial charge in [-0.2, -0.15) is 4.57 Å². The summed E-state index contributed by atoms with van der Waals surface area (Å²) in [5, 5.41) is 0.624. The average molecular weight is 595 g/mol. The number of carbonyl (C=O) groups excluding carboxylic acids is 1. The van der Waals surface area contributed by atoms with Gasteiger partial charge in [0.05, 0.1) is 30.4 Å². The second kappa shape index (κ2) is 10.2. The minimum Gasteiger partial charge on any atom is -0.480 e. The minimum atomic E-state index is -0.771. The molecule has 8 nitrogen and oxygen atoms in total. The number of pyridine rings is 1. The monoisotopic (exact) mass is 593 g/mol. The Labute approximate surface area is 225 Å². The van der Waals surface area contributed by atoms with Crippen LogP contribution in [-0.4, -0.2) is 32.9 Å². The molecule has 0 amide bonds. The summed E-state index contributed by atoms with van der Waals surface area (Å²) in [6.07, 6.45) is -0.764. The van der Waals surface area contributed by atoms with Crippen molar-refractivity contribution in [3.05, 3.63) is 79.2 Å². The summed E-state index contributed by atoms with van der Waals surface area (Å²) in [5.74, 6) is 0.819. The van der Waals surface area contributed by atoms with Crippen LogP contribution in [0.25, 0.3) is 11.0 Å². The summed E-state index contributed by atoms with van der Waals surface area (Å²) in [5.41, 5.74) is 0.0269. The zero-order valence-electron chi connectivity index (χ0n) is 19.8. The van der Waals surface area contributed by atoms with Gasteiger partial charge >= 0.3 is 11.8 Å². The molecule has 0 unspecified atom stereocenters. The number of imidazole rings is 1. The molecule has 0 fully saturated rings. The van der Waals surface area contributed by atoms with E-state index in [4.69, 9.17) is 37.4 Å². The maximum absolute atomic E-state index is 13.4. The Morgan fingerprint density at radius 1 is 1.08 bits per heavy atom. The molecule has 0 spiro atoms. The molecular weight excluding hydrogens is 573 g/mol. The van der Waals surface area contributed by atoms with Crippen molar-refractivity contribution in [3.8, 4) is 17.4 Å². The molecule has 4 aromatic rings. The third-order valence-electron chi connectivity index (χ3n) is 4.94. The molecule has 0 aliphatic rings. The van der Waals surface area contributed by atoms with Gasteiger partial charge in [-0.05, 0) is 51.1 Å². The van der Waals surface area contributed by atoms with Gasteiger partial charge in [0.2, 0.25) is 5.88 Å². The van der Waals surface area contributed by atoms with Crippen LogP contribution in [0, 0.1) is 0 Å². The summed E-state index contributed by atoms with van der Waals surface area (Å²) in [6.45, 7) is 5.22. The summed E-state index contributed by atoms with van der Waals surface area (Å²) in [4.78, 5) is 30.7. The lowest BCUT2D eigenvalue weighted by molar-refractivity contribution is 0.0537. The van der Waals surface area contributed by atoms with E-state index in [0.717, 1.165) is 9.04 Å². The molecule has 0 aliphatic carbocycles. The normalized spacial score (nSPS) is 11.5. The molecule has 0 radical (unpaired) electrons. The van der Waals surface area contributed by atoms with Crippen LogP contribution >= 0.6 is 39.1 Å². The van der Waals surface area contributed by atoms with Crippen LogP contribution in [0.5, 0.6) is 17.4 Å². The molecule has 4 rings (SSSR count). The fourth-order valence-corrected chi connectivity index (χ4v) is 4.59. The standard InChI is InChI=1S/C25H22BrCl2N3O5/c1-25(2,3)36-24(33)31-19-8-6-5-7-18(19)30(23(31)32)13-16-12-20(21(28)22(29-16)34-4)35-17-10-14(26)9-15(27)11-17/h5-12H,13H2,1-4H3. The lowest BCUT2D eigenvalue weighted by Crippen LogP contribution is -2.34. The van der Waals surface area contributed by atoms with Gasteiger partial charge in [0, 0.05) is 15.6 Å². The topological polar surface area (TPSA) is 84.6 Å². The summed E-state index contributed by atoms with van der Waals surface area (Å²) in [6, 6.07) is 13.6. The molecule has 0 atom stereocenters. The molecule has 2 aromatic heterocycles. The van der Waals surface area contributed by atoms with Gasteiger partial charge < -0.3 is 14.2 Å². The van der Waals surface area contributed by atoms with E-state index in [1.54, 1.807) is 69.3 Å². The fraction of sp³-hybridized carbons (Fsp3) is 0.240. The van der Waals surface area contributed by atoms with E-state index in [1.165, 1.54) is 11.7 Å². The molecule has 2 heterocycles. The molecule has 0 bridgehead atoms. The van der Waals surface area contributed by atoms with Crippen molar-refractivity contribution in [2.24, 2.45) is 0 Å². The Kier molecular flexibility index (Phi) is 7.36.